The molecular formula is C20H25F3N2. The largest absolute Gasteiger partial charge is 0.407 e. The molecule has 25 heavy (non-hydrogen) atoms. The number of benzene rings is 2. The van der Waals surface area contributed by atoms with Gasteiger partial charge in [-0.1, -0.05) is 42.5 Å². The van der Waals surface area contributed by atoms with E-state index in [1.165, 1.54) is 12.1 Å². The molecule has 0 aliphatic carbocycles. The van der Waals surface area contributed by atoms with Crippen LogP contribution in [0.25, 0.3) is 0 Å². The van der Waals surface area contributed by atoms with Crippen molar-refractivity contribution in [3.05, 3.63) is 65.7 Å². The molecule has 2 rings (SSSR count). The molecule has 0 heterocycles. The predicted octanol–water partition coefficient (Wildman–Crippen LogP) is 5.33. The summed E-state index contributed by atoms with van der Waals surface area (Å²) in [7, 11) is 0. The van der Waals surface area contributed by atoms with Gasteiger partial charge in [0.1, 0.15) is 6.04 Å². The average Bonchev–Trinajstić information content (AvgIpc) is 2.54. The second-order valence-corrected chi connectivity index (χ2v) is 6.65. The minimum absolute atomic E-state index is 0.235. The zero-order valence-electron chi connectivity index (χ0n) is 14.8. The topological polar surface area (TPSA) is 24.1 Å². The standard InChI is InChI=1S/C20H25F3N2/c1-14(2)24-18-11-9-16(10-12-18)13-15(3)25-19(20(21,22)23)17-7-5-4-6-8-17/h4-12,14-15,19,24-25H,13H2,1-3H3. The molecule has 0 fully saturated rings. The molecule has 0 bridgehead atoms. The maximum atomic E-state index is 13.4. The second-order valence-electron chi connectivity index (χ2n) is 6.65. The zero-order valence-corrected chi connectivity index (χ0v) is 14.8. The van der Waals surface area contributed by atoms with Crippen LogP contribution in [0.5, 0.6) is 0 Å². The van der Waals surface area contributed by atoms with E-state index in [-0.39, 0.29) is 11.6 Å². The first-order valence-electron chi connectivity index (χ1n) is 8.49. The number of hydrogen-bond acceptors (Lipinski definition) is 2. The fourth-order valence-electron chi connectivity index (χ4n) is 2.79. The summed E-state index contributed by atoms with van der Waals surface area (Å²) in [4.78, 5) is 0. The van der Waals surface area contributed by atoms with Crippen LogP contribution < -0.4 is 10.6 Å². The summed E-state index contributed by atoms with van der Waals surface area (Å²) in [5.74, 6) is 0. The Morgan fingerprint density at radius 3 is 2.00 bits per heavy atom. The number of anilines is 1. The van der Waals surface area contributed by atoms with Crippen molar-refractivity contribution in [3.63, 3.8) is 0 Å². The van der Waals surface area contributed by atoms with Crippen LogP contribution >= 0.6 is 0 Å². The van der Waals surface area contributed by atoms with Gasteiger partial charge in [-0.15, -0.1) is 0 Å². The van der Waals surface area contributed by atoms with Gasteiger partial charge in [0.2, 0.25) is 0 Å². The highest BCUT2D eigenvalue weighted by Gasteiger charge is 2.41. The van der Waals surface area contributed by atoms with E-state index in [2.05, 4.69) is 24.5 Å². The molecule has 0 saturated heterocycles. The van der Waals surface area contributed by atoms with Gasteiger partial charge in [-0.05, 0) is 50.5 Å². The Labute approximate surface area is 147 Å². The fourth-order valence-corrected chi connectivity index (χ4v) is 2.79. The van der Waals surface area contributed by atoms with Gasteiger partial charge in [0.15, 0.2) is 0 Å². The van der Waals surface area contributed by atoms with Crippen LogP contribution in [-0.4, -0.2) is 18.3 Å². The van der Waals surface area contributed by atoms with E-state index in [0.29, 0.717) is 12.5 Å². The van der Waals surface area contributed by atoms with Crippen LogP contribution in [0.4, 0.5) is 18.9 Å². The van der Waals surface area contributed by atoms with Crippen molar-refractivity contribution in [2.45, 2.75) is 51.5 Å². The number of hydrogen-bond donors (Lipinski definition) is 2. The Bertz CT molecular complexity index is 636. The Hall–Kier alpha value is -2.01. The SMILES string of the molecule is CC(C)Nc1ccc(CC(C)NC(c2ccccc2)C(F)(F)F)cc1. The minimum Gasteiger partial charge on any atom is -0.383 e. The van der Waals surface area contributed by atoms with Crippen molar-refractivity contribution in [2.24, 2.45) is 0 Å². The average molecular weight is 350 g/mol. The van der Waals surface area contributed by atoms with Crippen LogP contribution in [0.3, 0.4) is 0 Å². The molecule has 5 heteroatoms. The molecule has 2 aromatic rings. The van der Waals surface area contributed by atoms with Gasteiger partial charge in [0.05, 0.1) is 0 Å². The van der Waals surface area contributed by atoms with E-state index in [9.17, 15) is 13.2 Å². The molecule has 0 aliphatic rings. The summed E-state index contributed by atoms with van der Waals surface area (Å²) in [6, 6.07) is 14.2. The van der Waals surface area contributed by atoms with Crippen LogP contribution in [0.2, 0.25) is 0 Å². The summed E-state index contributed by atoms with van der Waals surface area (Å²) in [6.45, 7) is 5.89. The molecule has 2 unspecified atom stereocenters. The summed E-state index contributed by atoms with van der Waals surface area (Å²) in [5.41, 5.74) is 2.25. The highest BCUT2D eigenvalue weighted by Crippen LogP contribution is 2.33. The Morgan fingerprint density at radius 1 is 0.880 bits per heavy atom. The van der Waals surface area contributed by atoms with Gasteiger partial charge in [-0.3, -0.25) is 5.32 Å². The molecule has 2 N–H and O–H groups in total. The van der Waals surface area contributed by atoms with Gasteiger partial charge in [0.25, 0.3) is 0 Å². The van der Waals surface area contributed by atoms with Crippen LogP contribution in [0.1, 0.15) is 37.9 Å². The monoisotopic (exact) mass is 350 g/mol. The minimum atomic E-state index is -4.33. The Kier molecular flexibility index (Phi) is 6.48. The lowest BCUT2D eigenvalue weighted by molar-refractivity contribution is -0.159. The van der Waals surface area contributed by atoms with E-state index in [1.54, 1.807) is 25.1 Å². The maximum absolute atomic E-state index is 13.4. The van der Waals surface area contributed by atoms with Gasteiger partial charge in [-0.2, -0.15) is 13.2 Å². The molecule has 0 spiro atoms. The van der Waals surface area contributed by atoms with Crippen molar-refractivity contribution in [2.75, 3.05) is 5.32 Å². The first-order chi connectivity index (χ1) is 11.8. The Morgan fingerprint density at radius 2 is 1.48 bits per heavy atom. The van der Waals surface area contributed by atoms with E-state index < -0.39 is 12.2 Å². The van der Waals surface area contributed by atoms with E-state index in [4.69, 9.17) is 0 Å². The molecular weight excluding hydrogens is 325 g/mol. The molecule has 0 saturated carbocycles. The smallest absolute Gasteiger partial charge is 0.383 e. The van der Waals surface area contributed by atoms with Crippen LogP contribution in [0, 0.1) is 0 Å². The van der Waals surface area contributed by atoms with Crippen LogP contribution in [0.15, 0.2) is 54.6 Å². The van der Waals surface area contributed by atoms with Crippen LogP contribution in [-0.2, 0) is 6.42 Å². The third-order valence-corrected chi connectivity index (χ3v) is 3.86. The fraction of sp³-hybridized carbons (Fsp3) is 0.400. The molecule has 2 nitrogen and oxygen atoms in total. The van der Waals surface area contributed by atoms with Gasteiger partial charge in [0, 0.05) is 17.8 Å². The number of nitrogens with one attached hydrogen (secondary N) is 2. The van der Waals surface area contributed by atoms with E-state index >= 15 is 0 Å². The summed E-state index contributed by atoms with van der Waals surface area (Å²) in [5, 5.41) is 6.02. The predicted molar refractivity (Wildman–Crippen MR) is 96.7 cm³/mol. The highest BCUT2D eigenvalue weighted by molar-refractivity contribution is 5.45. The zero-order chi connectivity index (χ0) is 18.4. The molecule has 2 atom stereocenters. The number of rotatable bonds is 7. The number of alkyl halides is 3. The van der Waals surface area contributed by atoms with Gasteiger partial charge < -0.3 is 5.32 Å². The van der Waals surface area contributed by atoms with E-state index in [0.717, 1.165) is 11.3 Å². The lowest BCUT2D eigenvalue weighted by Crippen LogP contribution is -2.40. The van der Waals surface area contributed by atoms with E-state index in [1.807, 2.05) is 24.3 Å². The first kappa shape index (κ1) is 19.3. The van der Waals surface area contributed by atoms with Crippen molar-refractivity contribution in [3.8, 4) is 0 Å². The second kappa shape index (κ2) is 8.39. The maximum Gasteiger partial charge on any atom is 0.407 e. The number of halogens is 3. The lowest BCUT2D eigenvalue weighted by Gasteiger charge is -2.26. The summed E-state index contributed by atoms with van der Waals surface area (Å²) in [6.07, 6.45) is -3.80. The summed E-state index contributed by atoms with van der Waals surface area (Å²) < 4.78 is 40.2. The van der Waals surface area contributed by atoms with Gasteiger partial charge in [-0.25, -0.2) is 0 Å². The van der Waals surface area contributed by atoms with Crippen molar-refractivity contribution < 1.29 is 13.2 Å². The molecule has 136 valence electrons. The normalized spacial score (nSPS) is 14.4. The highest BCUT2D eigenvalue weighted by atomic mass is 19.4. The molecule has 0 aliphatic heterocycles. The Balaban J connectivity index is 2.03. The third kappa shape index (κ3) is 6.09. The molecule has 0 aromatic heterocycles. The third-order valence-electron chi connectivity index (χ3n) is 3.86. The van der Waals surface area contributed by atoms with Crippen molar-refractivity contribution >= 4 is 5.69 Å². The summed E-state index contributed by atoms with van der Waals surface area (Å²) >= 11 is 0. The quantitative estimate of drug-likeness (QED) is 0.705. The van der Waals surface area contributed by atoms with Gasteiger partial charge >= 0.3 is 6.18 Å². The molecule has 2 aromatic carbocycles. The van der Waals surface area contributed by atoms with Crippen molar-refractivity contribution in [1.82, 2.24) is 5.32 Å². The molecule has 0 amide bonds. The lowest BCUT2D eigenvalue weighted by atomic mass is 10.0. The van der Waals surface area contributed by atoms with Crippen molar-refractivity contribution in [1.29, 1.82) is 0 Å². The first-order valence-corrected chi connectivity index (χ1v) is 8.49. The molecule has 0 radical (unpaired) electrons.